The molecule has 7 heteroatoms. The van der Waals surface area contributed by atoms with Gasteiger partial charge in [0, 0.05) is 9.85 Å². The quantitative estimate of drug-likeness (QED) is 0.622. The van der Waals surface area contributed by atoms with Crippen LogP contribution in [0.15, 0.2) is 15.2 Å². The highest BCUT2D eigenvalue weighted by atomic mass is 79.9. The molecule has 0 bridgehead atoms. The standard InChI is InChI=1S/C12H16BrF3N2S/c13-10-6-19-5-9(10)11(18-17)7-2-1-3-8(4-7)12(14,15)16/h5-8,11,18H,1-4,17H2. The van der Waals surface area contributed by atoms with Crippen LogP contribution >= 0.6 is 27.3 Å². The molecule has 0 spiro atoms. The summed E-state index contributed by atoms with van der Waals surface area (Å²) in [7, 11) is 0. The van der Waals surface area contributed by atoms with Crippen LogP contribution in [0.4, 0.5) is 13.2 Å². The van der Waals surface area contributed by atoms with Gasteiger partial charge in [-0.15, -0.1) is 0 Å². The summed E-state index contributed by atoms with van der Waals surface area (Å²) in [5.74, 6) is 4.30. The van der Waals surface area contributed by atoms with E-state index in [2.05, 4.69) is 21.4 Å². The van der Waals surface area contributed by atoms with Crippen molar-refractivity contribution in [2.75, 3.05) is 0 Å². The Morgan fingerprint density at radius 1 is 1.37 bits per heavy atom. The predicted molar refractivity (Wildman–Crippen MR) is 73.6 cm³/mol. The van der Waals surface area contributed by atoms with Gasteiger partial charge in [0.25, 0.3) is 0 Å². The monoisotopic (exact) mass is 356 g/mol. The van der Waals surface area contributed by atoms with Crippen LogP contribution in [0.5, 0.6) is 0 Å². The average molecular weight is 357 g/mol. The molecule has 1 heterocycles. The first-order valence-corrected chi connectivity index (χ1v) is 7.91. The summed E-state index contributed by atoms with van der Waals surface area (Å²) < 4.78 is 39.4. The molecule has 1 aliphatic rings. The fourth-order valence-electron chi connectivity index (χ4n) is 2.82. The van der Waals surface area contributed by atoms with Crippen molar-refractivity contribution >= 4 is 27.3 Å². The van der Waals surface area contributed by atoms with Crippen molar-refractivity contribution < 1.29 is 13.2 Å². The summed E-state index contributed by atoms with van der Waals surface area (Å²) in [5.41, 5.74) is 3.65. The first-order chi connectivity index (χ1) is 8.93. The Labute approximate surface area is 122 Å². The number of nitrogens with one attached hydrogen (secondary N) is 1. The van der Waals surface area contributed by atoms with Gasteiger partial charge in [0.1, 0.15) is 0 Å². The SMILES string of the molecule is NNC(c1cscc1Br)C1CCCC(C(F)(F)F)C1. The van der Waals surface area contributed by atoms with E-state index in [0.717, 1.165) is 16.5 Å². The minimum absolute atomic E-state index is 0.0729. The summed E-state index contributed by atoms with van der Waals surface area (Å²) in [5, 5.41) is 3.86. The molecule has 1 saturated carbocycles. The molecule has 19 heavy (non-hydrogen) atoms. The van der Waals surface area contributed by atoms with Crippen LogP contribution in [0.3, 0.4) is 0 Å². The lowest BCUT2D eigenvalue weighted by Gasteiger charge is -2.35. The molecular weight excluding hydrogens is 341 g/mol. The number of hydrogen-bond acceptors (Lipinski definition) is 3. The fourth-order valence-corrected chi connectivity index (χ4v) is 4.40. The van der Waals surface area contributed by atoms with Crippen LogP contribution in [-0.2, 0) is 0 Å². The summed E-state index contributed by atoms with van der Waals surface area (Å²) in [4.78, 5) is 0. The molecule has 0 aromatic carbocycles. The van der Waals surface area contributed by atoms with Crippen LogP contribution in [0.1, 0.15) is 37.3 Å². The van der Waals surface area contributed by atoms with E-state index in [1.165, 1.54) is 11.3 Å². The third-order valence-corrected chi connectivity index (χ3v) is 5.56. The molecule has 2 nitrogen and oxygen atoms in total. The Hall–Kier alpha value is -0.110. The number of rotatable bonds is 3. The fraction of sp³-hybridized carbons (Fsp3) is 0.667. The number of hydrazine groups is 1. The van der Waals surface area contributed by atoms with Crippen molar-refractivity contribution in [2.24, 2.45) is 17.7 Å². The van der Waals surface area contributed by atoms with Crippen molar-refractivity contribution in [3.05, 3.63) is 20.8 Å². The maximum atomic E-state index is 12.8. The second kappa shape index (κ2) is 6.11. The molecule has 108 valence electrons. The third kappa shape index (κ3) is 3.51. The highest BCUT2D eigenvalue weighted by molar-refractivity contribution is 9.10. The second-order valence-electron chi connectivity index (χ2n) is 4.98. The van der Waals surface area contributed by atoms with Crippen molar-refractivity contribution in [2.45, 2.75) is 37.9 Å². The van der Waals surface area contributed by atoms with Gasteiger partial charge in [-0.2, -0.15) is 24.5 Å². The summed E-state index contributed by atoms with van der Waals surface area (Å²) in [6.45, 7) is 0. The van der Waals surface area contributed by atoms with Gasteiger partial charge in [0.2, 0.25) is 0 Å². The number of nitrogens with two attached hydrogens (primary N) is 1. The molecule has 0 aliphatic heterocycles. The molecule has 3 unspecified atom stereocenters. The smallest absolute Gasteiger partial charge is 0.271 e. The first-order valence-electron chi connectivity index (χ1n) is 6.18. The zero-order valence-corrected chi connectivity index (χ0v) is 12.6. The minimum Gasteiger partial charge on any atom is -0.271 e. The van der Waals surface area contributed by atoms with Gasteiger partial charge in [-0.3, -0.25) is 11.3 Å². The van der Waals surface area contributed by atoms with Gasteiger partial charge in [0.05, 0.1) is 12.0 Å². The van der Waals surface area contributed by atoms with Crippen LogP contribution in [0.2, 0.25) is 0 Å². The highest BCUT2D eigenvalue weighted by Gasteiger charge is 2.43. The zero-order valence-electron chi connectivity index (χ0n) is 10.2. The lowest BCUT2D eigenvalue weighted by Crippen LogP contribution is -2.38. The van der Waals surface area contributed by atoms with E-state index in [1.54, 1.807) is 0 Å². The van der Waals surface area contributed by atoms with Crippen LogP contribution in [-0.4, -0.2) is 6.18 Å². The van der Waals surface area contributed by atoms with E-state index in [1.807, 2.05) is 10.8 Å². The summed E-state index contributed by atoms with van der Waals surface area (Å²) in [6, 6.07) is -0.217. The topological polar surface area (TPSA) is 38.0 Å². The maximum absolute atomic E-state index is 12.8. The van der Waals surface area contributed by atoms with Crippen molar-refractivity contribution in [3.8, 4) is 0 Å². The van der Waals surface area contributed by atoms with E-state index in [0.29, 0.717) is 6.42 Å². The summed E-state index contributed by atoms with van der Waals surface area (Å²) >= 11 is 4.94. The van der Waals surface area contributed by atoms with Gasteiger partial charge >= 0.3 is 6.18 Å². The number of hydrogen-bond donors (Lipinski definition) is 2. The van der Waals surface area contributed by atoms with Crippen LogP contribution < -0.4 is 11.3 Å². The Morgan fingerprint density at radius 2 is 2.11 bits per heavy atom. The number of halogens is 4. The van der Waals surface area contributed by atoms with Crippen LogP contribution in [0.25, 0.3) is 0 Å². The van der Waals surface area contributed by atoms with E-state index >= 15 is 0 Å². The van der Waals surface area contributed by atoms with Gasteiger partial charge in [0.15, 0.2) is 0 Å². The van der Waals surface area contributed by atoms with Crippen molar-refractivity contribution in [3.63, 3.8) is 0 Å². The third-order valence-electron chi connectivity index (χ3n) is 3.81. The van der Waals surface area contributed by atoms with E-state index in [4.69, 9.17) is 5.84 Å². The molecule has 2 rings (SSSR count). The lowest BCUT2D eigenvalue weighted by molar-refractivity contribution is -0.186. The van der Waals surface area contributed by atoms with Gasteiger partial charge in [-0.25, -0.2) is 0 Å². The molecule has 1 fully saturated rings. The van der Waals surface area contributed by atoms with Gasteiger partial charge < -0.3 is 0 Å². The number of thiophene rings is 1. The van der Waals surface area contributed by atoms with E-state index < -0.39 is 12.1 Å². The molecular formula is C12H16BrF3N2S. The molecule has 0 radical (unpaired) electrons. The largest absolute Gasteiger partial charge is 0.391 e. The normalized spacial score (nSPS) is 26.4. The number of alkyl halides is 3. The Balaban J connectivity index is 2.13. The molecule has 0 amide bonds. The van der Waals surface area contributed by atoms with E-state index in [9.17, 15) is 13.2 Å². The minimum atomic E-state index is -4.09. The molecule has 3 atom stereocenters. The highest BCUT2D eigenvalue weighted by Crippen LogP contribution is 2.45. The van der Waals surface area contributed by atoms with Crippen molar-refractivity contribution in [1.82, 2.24) is 5.43 Å². The summed E-state index contributed by atoms with van der Waals surface area (Å²) in [6.07, 6.45) is -2.31. The molecule has 1 aromatic heterocycles. The maximum Gasteiger partial charge on any atom is 0.391 e. The molecule has 1 aliphatic carbocycles. The zero-order chi connectivity index (χ0) is 14.0. The predicted octanol–water partition coefficient (Wildman–Crippen LogP) is 4.38. The molecule has 0 saturated heterocycles. The lowest BCUT2D eigenvalue weighted by atomic mass is 9.76. The van der Waals surface area contributed by atoms with Crippen LogP contribution in [0, 0.1) is 11.8 Å². The Kier molecular flexibility index (Phi) is 4.92. The Morgan fingerprint density at radius 3 is 2.63 bits per heavy atom. The molecule has 1 aromatic rings. The average Bonchev–Trinajstić information content (AvgIpc) is 2.76. The first kappa shape index (κ1) is 15.3. The molecule has 3 N–H and O–H groups in total. The van der Waals surface area contributed by atoms with Gasteiger partial charge in [-0.05, 0) is 52.1 Å². The van der Waals surface area contributed by atoms with Crippen molar-refractivity contribution in [1.29, 1.82) is 0 Å². The van der Waals surface area contributed by atoms with Gasteiger partial charge in [-0.1, -0.05) is 6.42 Å². The van der Waals surface area contributed by atoms with E-state index in [-0.39, 0.29) is 24.8 Å². The second-order valence-corrected chi connectivity index (χ2v) is 6.58. The Bertz CT molecular complexity index is 421.